The second-order valence-electron chi connectivity index (χ2n) is 9.50. The quantitative estimate of drug-likeness (QED) is 0.323. The van der Waals surface area contributed by atoms with Crippen LogP contribution in [0, 0.1) is 6.92 Å². The number of carbonyl (C=O) groups is 2. The van der Waals surface area contributed by atoms with Gasteiger partial charge >= 0.3 is 0 Å². The maximum Gasteiger partial charge on any atom is 0.276 e. The highest BCUT2D eigenvalue weighted by molar-refractivity contribution is 5.99. The van der Waals surface area contributed by atoms with Gasteiger partial charge in [-0.3, -0.25) is 19.0 Å². The van der Waals surface area contributed by atoms with E-state index in [2.05, 4.69) is 25.7 Å². The van der Waals surface area contributed by atoms with Gasteiger partial charge in [0.05, 0.1) is 11.1 Å². The van der Waals surface area contributed by atoms with Crippen LogP contribution in [0.2, 0.25) is 0 Å². The largest absolute Gasteiger partial charge is 0.350 e. The zero-order valence-corrected chi connectivity index (χ0v) is 23.0. The van der Waals surface area contributed by atoms with Crippen molar-refractivity contribution in [2.75, 3.05) is 11.9 Å². The van der Waals surface area contributed by atoms with Crippen molar-refractivity contribution in [3.8, 4) is 0 Å². The van der Waals surface area contributed by atoms with Gasteiger partial charge in [0.25, 0.3) is 11.5 Å². The number of amides is 1. The summed E-state index contributed by atoms with van der Waals surface area (Å²) in [6.07, 6.45) is 9.11. The molecule has 39 heavy (non-hydrogen) atoms. The number of ether oxygens (including phenoxy) is 1. The molecule has 4 heterocycles. The first-order valence-corrected chi connectivity index (χ1v) is 13.7. The smallest absolute Gasteiger partial charge is 0.276 e. The number of ketones is 1. The zero-order valence-electron chi connectivity index (χ0n) is 23.0. The van der Waals surface area contributed by atoms with Gasteiger partial charge in [0.1, 0.15) is 11.5 Å². The lowest BCUT2D eigenvalue weighted by Gasteiger charge is -2.22. The van der Waals surface area contributed by atoms with Gasteiger partial charge < -0.3 is 10.1 Å². The van der Waals surface area contributed by atoms with E-state index in [1.54, 1.807) is 29.8 Å². The maximum atomic E-state index is 13.4. The second-order valence-corrected chi connectivity index (χ2v) is 9.50. The number of nitrogens with zero attached hydrogens (tertiary/aromatic N) is 4. The number of pyridine rings is 2. The molecule has 3 aromatic rings. The Kier molecular flexibility index (Phi) is 9.36. The van der Waals surface area contributed by atoms with E-state index < -0.39 is 12.2 Å². The summed E-state index contributed by atoms with van der Waals surface area (Å²) in [5, 5.41) is 3.71. The van der Waals surface area contributed by atoms with Crippen LogP contribution in [0.3, 0.4) is 0 Å². The summed E-state index contributed by atoms with van der Waals surface area (Å²) in [7, 11) is 0. The molecule has 1 aliphatic heterocycles. The maximum absolute atomic E-state index is 13.4. The molecule has 3 aromatic heterocycles. The van der Waals surface area contributed by atoms with Crippen molar-refractivity contribution < 1.29 is 19.2 Å². The van der Waals surface area contributed by atoms with Gasteiger partial charge in [-0.25, -0.2) is 20.3 Å². The number of carbonyl (C=O) groups excluding carboxylic acids is 2. The van der Waals surface area contributed by atoms with Crippen LogP contribution >= 0.6 is 0 Å². The third-order valence-electron chi connectivity index (χ3n) is 6.94. The highest BCUT2D eigenvalue weighted by Crippen LogP contribution is 2.32. The summed E-state index contributed by atoms with van der Waals surface area (Å²) in [5.41, 5.74) is 3.70. The summed E-state index contributed by atoms with van der Waals surface area (Å²) >= 11 is 0. The molecule has 11 heteroatoms. The van der Waals surface area contributed by atoms with Gasteiger partial charge in [0.2, 0.25) is 5.95 Å². The van der Waals surface area contributed by atoms with Crippen LogP contribution in [0.25, 0.3) is 11.0 Å². The first-order chi connectivity index (χ1) is 18.9. The van der Waals surface area contributed by atoms with E-state index in [0.29, 0.717) is 34.6 Å². The molecule has 1 saturated heterocycles. The van der Waals surface area contributed by atoms with E-state index in [1.807, 2.05) is 13.8 Å². The van der Waals surface area contributed by atoms with E-state index in [4.69, 9.17) is 9.57 Å². The van der Waals surface area contributed by atoms with Gasteiger partial charge in [0.15, 0.2) is 12.1 Å². The van der Waals surface area contributed by atoms with E-state index in [-0.39, 0.29) is 28.9 Å². The molecule has 0 aromatic carbocycles. The molecule has 11 nitrogen and oxygen atoms in total. The van der Waals surface area contributed by atoms with Crippen molar-refractivity contribution in [3.63, 3.8) is 0 Å². The number of Topliss-reactive ketones (excluding diaryl/α,β-unsaturated/α-hetero) is 1. The number of nitrogens with one attached hydrogen (secondary N) is 2. The van der Waals surface area contributed by atoms with Crippen LogP contribution in [-0.4, -0.2) is 44.1 Å². The van der Waals surface area contributed by atoms with Crippen molar-refractivity contribution in [3.05, 3.63) is 51.6 Å². The minimum Gasteiger partial charge on any atom is -0.350 e. The van der Waals surface area contributed by atoms with Crippen molar-refractivity contribution in [1.29, 1.82) is 0 Å². The average Bonchev–Trinajstić information content (AvgIpc) is 3.48. The number of hydrogen-bond donors (Lipinski definition) is 2. The summed E-state index contributed by atoms with van der Waals surface area (Å²) in [4.78, 5) is 56.7. The van der Waals surface area contributed by atoms with E-state index >= 15 is 0 Å². The molecule has 2 aliphatic rings. The Labute approximate surface area is 227 Å². The molecule has 0 radical (unpaired) electrons. The fourth-order valence-electron chi connectivity index (χ4n) is 5.01. The second kappa shape index (κ2) is 12.9. The minimum absolute atomic E-state index is 0.00593. The summed E-state index contributed by atoms with van der Waals surface area (Å²) in [6.45, 7) is 7.79. The van der Waals surface area contributed by atoms with Crippen molar-refractivity contribution in [2.45, 2.75) is 85.0 Å². The van der Waals surface area contributed by atoms with Crippen molar-refractivity contribution in [2.24, 2.45) is 0 Å². The molecule has 1 amide bonds. The fourth-order valence-corrected chi connectivity index (χ4v) is 5.01. The molecule has 2 N–H and O–H groups in total. The van der Waals surface area contributed by atoms with Crippen LogP contribution in [0.1, 0.15) is 98.0 Å². The molecule has 208 valence electrons. The van der Waals surface area contributed by atoms with Crippen molar-refractivity contribution in [1.82, 2.24) is 25.0 Å². The molecule has 0 spiro atoms. The third-order valence-corrected chi connectivity index (χ3v) is 6.94. The highest BCUT2D eigenvalue weighted by atomic mass is 16.8. The number of fused-ring (bicyclic) bond motifs is 1. The van der Waals surface area contributed by atoms with Gasteiger partial charge in [-0.05, 0) is 57.2 Å². The number of hydrogen-bond acceptors (Lipinski definition) is 9. The molecule has 1 aliphatic carbocycles. The number of aryl methyl sites for hydroxylation is 1. The standard InChI is InChI=1S/C26H30N6O5.C2H6/c1-15-19-14-28-26(30-23(19)32(18-7-3-4-8-18)25(35)22(15)16(2)33)29-20-11-10-17(13-27-20)24(34)31-37-21-9-5-6-12-36-21;1-2/h10-11,13-14,18,21H,3-9,12H2,1-2H3,(H,31,34)(H,27,28,29,30);1-2H3. The Bertz CT molecular complexity index is 1380. The lowest BCUT2D eigenvalue weighted by atomic mass is 10.0. The zero-order chi connectivity index (χ0) is 27.9. The molecule has 5 rings (SSSR count). The normalized spacial score (nSPS) is 17.4. The predicted octanol–water partition coefficient (Wildman–Crippen LogP) is 4.77. The number of hydroxylamine groups is 1. The Morgan fingerprint density at radius 3 is 2.44 bits per heavy atom. The highest BCUT2D eigenvalue weighted by Gasteiger charge is 2.26. The Balaban J connectivity index is 0.00000172. The Morgan fingerprint density at radius 1 is 1.05 bits per heavy atom. The first-order valence-electron chi connectivity index (χ1n) is 13.7. The van der Waals surface area contributed by atoms with Gasteiger partial charge in [0, 0.05) is 36.8 Å². The molecule has 1 saturated carbocycles. The molecule has 2 fully saturated rings. The summed E-state index contributed by atoms with van der Waals surface area (Å²) in [5.74, 6) is 0.00577. The Morgan fingerprint density at radius 2 is 1.79 bits per heavy atom. The fraction of sp³-hybridized carbons (Fsp3) is 0.500. The molecule has 0 bridgehead atoms. The monoisotopic (exact) mass is 536 g/mol. The van der Waals surface area contributed by atoms with Gasteiger partial charge in [-0.1, -0.05) is 26.7 Å². The van der Waals surface area contributed by atoms with Gasteiger partial charge in [-0.2, -0.15) is 4.98 Å². The first kappa shape index (κ1) is 28.3. The number of anilines is 2. The molecular formula is C28H36N6O5. The predicted molar refractivity (Wildman–Crippen MR) is 147 cm³/mol. The lowest BCUT2D eigenvalue weighted by molar-refractivity contribution is -0.186. The molecular weight excluding hydrogens is 500 g/mol. The number of aromatic nitrogens is 4. The molecule has 1 unspecified atom stereocenters. The SMILES string of the molecule is CC.CC(=O)c1c(C)c2cnc(Nc3ccc(C(=O)NOC4CCCCO4)cn3)nc2n(C2CCCC2)c1=O. The topological polar surface area (TPSA) is 137 Å². The van der Waals surface area contributed by atoms with Crippen molar-refractivity contribution >= 4 is 34.5 Å². The summed E-state index contributed by atoms with van der Waals surface area (Å²) in [6, 6.07) is 3.23. The van der Waals surface area contributed by atoms with E-state index in [1.165, 1.54) is 13.1 Å². The van der Waals surface area contributed by atoms with E-state index in [9.17, 15) is 14.4 Å². The van der Waals surface area contributed by atoms with Crippen LogP contribution in [0.5, 0.6) is 0 Å². The van der Waals surface area contributed by atoms with Crippen LogP contribution < -0.4 is 16.4 Å². The average molecular weight is 537 g/mol. The van der Waals surface area contributed by atoms with Gasteiger partial charge in [-0.15, -0.1) is 0 Å². The molecule has 1 atom stereocenters. The third kappa shape index (κ3) is 6.31. The van der Waals surface area contributed by atoms with Crippen LogP contribution in [-0.2, 0) is 9.57 Å². The lowest BCUT2D eigenvalue weighted by Crippen LogP contribution is -2.33. The van der Waals surface area contributed by atoms with Crippen LogP contribution in [0.15, 0.2) is 29.3 Å². The Hall–Kier alpha value is -3.70. The summed E-state index contributed by atoms with van der Waals surface area (Å²) < 4.78 is 7.10. The van der Waals surface area contributed by atoms with Crippen LogP contribution in [0.4, 0.5) is 11.8 Å². The van der Waals surface area contributed by atoms with E-state index in [0.717, 1.165) is 44.9 Å². The minimum atomic E-state index is -0.437. The number of rotatable bonds is 7.